The Bertz CT molecular complexity index is 1730. The second-order valence-corrected chi connectivity index (χ2v) is 8.76. The second-order valence-electron chi connectivity index (χ2n) is 8.76. The molecule has 34 heavy (non-hydrogen) atoms. The van der Waals surface area contributed by atoms with Gasteiger partial charge in [-0.2, -0.15) is 0 Å². The number of terminal acetylenes is 1. The van der Waals surface area contributed by atoms with E-state index in [0.29, 0.717) is 0 Å². The minimum absolute atomic E-state index is 1.11. The molecule has 2 heteroatoms. The number of aromatic nitrogens is 2. The van der Waals surface area contributed by atoms with Gasteiger partial charge in [0, 0.05) is 27.5 Å². The first-order chi connectivity index (χ1) is 16.7. The van der Waals surface area contributed by atoms with Crippen molar-refractivity contribution in [3.8, 4) is 23.7 Å². The van der Waals surface area contributed by atoms with Crippen LogP contribution >= 0.6 is 0 Å². The largest absolute Gasteiger partial charge is 0.309 e. The monoisotopic (exact) mass is 436 g/mol. The summed E-state index contributed by atoms with van der Waals surface area (Å²) in [7, 11) is 0. The van der Waals surface area contributed by atoms with Gasteiger partial charge in [0.25, 0.3) is 0 Å². The molecule has 162 valence electrons. The number of allylic oxidation sites excluding steroid dienone is 1. The van der Waals surface area contributed by atoms with Crippen LogP contribution in [0.1, 0.15) is 16.8 Å². The summed E-state index contributed by atoms with van der Waals surface area (Å²) in [5.41, 5.74) is 9.40. The molecule has 0 saturated heterocycles. The van der Waals surface area contributed by atoms with E-state index in [-0.39, 0.29) is 0 Å². The van der Waals surface area contributed by atoms with E-state index in [0.717, 1.165) is 17.1 Å². The maximum absolute atomic E-state index is 5.58. The summed E-state index contributed by atoms with van der Waals surface area (Å²) in [6.45, 7) is 4.33. The maximum atomic E-state index is 5.58. The molecule has 4 aromatic carbocycles. The highest BCUT2D eigenvalue weighted by molar-refractivity contribution is 6.09. The molecule has 2 nitrogen and oxygen atoms in total. The smallest absolute Gasteiger partial charge is 0.0541 e. The summed E-state index contributed by atoms with van der Waals surface area (Å²) in [5, 5.41) is 3.77. The van der Waals surface area contributed by atoms with Crippen LogP contribution in [0.3, 0.4) is 0 Å². The van der Waals surface area contributed by atoms with Crippen molar-refractivity contribution in [3.63, 3.8) is 0 Å². The number of rotatable bonds is 3. The lowest BCUT2D eigenvalue weighted by Gasteiger charge is -2.15. The van der Waals surface area contributed by atoms with Crippen molar-refractivity contribution >= 4 is 38.8 Å². The summed E-state index contributed by atoms with van der Waals surface area (Å²) in [6, 6.07) is 32.6. The van der Waals surface area contributed by atoms with Gasteiger partial charge in [-0.3, -0.25) is 0 Å². The van der Waals surface area contributed by atoms with Crippen LogP contribution in [0.2, 0.25) is 0 Å². The van der Waals surface area contributed by atoms with Crippen molar-refractivity contribution in [2.45, 2.75) is 13.8 Å². The van der Waals surface area contributed by atoms with Crippen LogP contribution in [0.4, 0.5) is 0 Å². The van der Waals surface area contributed by atoms with Crippen molar-refractivity contribution in [2.24, 2.45) is 0 Å². The highest BCUT2D eigenvalue weighted by Crippen LogP contribution is 2.35. The van der Waals surface area contributed by atoms with Gasteiger partial charge in [0.15, 0.2) is 0 Å². The summed E-state index contributed by atoms with van der Waals surface area (Å²) < 4.78 is 4.69. The van der Waals surface area contributed by atoms with Crippen LogP contribution in [0.25, 0.3) is 50.2 Å². The molecule has 0 bridgehead atoms. The van der Waals surface area contributed by atoms with Gasteiger partial charge in [-0.25, -0.2) is 0 Å². The number of aryl methyl sites for hydroxylation is 2. The summed E-state index contributed by atoms with van der Waals surface area (Å²) >= 11 is 0. The quantitative estimate of drug-likeness (QED) is 0.249. The molecule has 6 rings (SSSR count). The Kier molecular flexibility index (Phi) is 4.64. The Morgan fingerprint density at radius 3 is 1.74 bits per heavy atom. The first-order valence-corrected chi connectivity index (χ1v) is 11.5. The molecule has 0 aliphatic heterocycles. The van der Waals surface area contributed by atoms with Gasteiger partial charge in [-0.1, -0.05) is 60.5 Å². The fourth-order valence-corrected chi connectivity index (χ4v) is 5.23. The predicted molar refractivity (Wildman–Crippen MR) is 145 cm³/mol. The third kappa shape index (κ3) is 2.99. The average molecular weight is 437 g/mol. The number of para-hydroxylation sites is 3. The van der Waals surface area contributed by atoms with Crippen LogP contribution < -0.4 is 0 Å². The van der Waals surface area contributed by atoms with Crippen molar-refractivity contribution in [3.05, 3.63) is 114 Å². The topological polar surface area (TPSA) is 9.86 Å². The minimum atomic E-state index is 1.11. The maximum Gasteiger partial charge on any atom is 0.0541 e. The Labute approximate surface area is 199 Å². The van der Waals surface area contributed by atoms with Crippen molar-refractivity contribution in [1.82, 2.24) is 9.13 Å². The molecule has 2 heterocycles. The van der Waals surface area contributed by atoms with Crippen molar-refractivity contribution in [2.75, 3.05) is 0 Å². The lowest BCUT2D eigenvalue weighted by atomic mass is 10.1. The molecule has 0 radical (unpaired) electrons. The van der Waals surface area contributed by atoms with Gasteiger partial charge in [0.05, 0.1) is 22.2 Å². The van der Waals surface area contributed by atoms with Gasteiger partial charge in [-0.05, 0) is 73.5 Å². The first kappa shape index (κ1) is 20.1. The van der Waals surface area contributed by atoms with Gasteiger partial charge in [-0.15, -0.1) is 6.42 Å². The Balaban J connectivity index is 1.69. The van der Waals surface area contributed by atoms with Crippen molar-refractivity contribution in [1.29, 1.82) is 0 Å². The van der Waals surface area contributed by atoms with Gasteiger partial charge >= 0.3 is 0 Å². The van der Waals surface area contributed by atoms with E-state index in [9.17, 15) is 0 Å². The zero-order chi connectivity index (χ0) is 23.2. The number of hydrogen-bond donors (Lipinski definition) is 0. The predicted octanol–water partition coefficient (Wildman–Crippen LogP) is 7.99. The molecule has 0 unspecified atom stereocenters. The highest BCUT2D eigenvalue weighted by atomic mass is 15.0. The zero-order valence-electron chi connectivity index (χ0n) is 19.3. The molecule has 0 fully saturated rings. The molecule has 0 N–H and O–H groups in total. The van der Waals surface area contributed by atoms with Crippen LogP contribution in [0, 0.1) is 26.2 Å². The molecule has 0 spiro atoms. The lowest BCUT2D eigenvalue weighted by Crippen LogP contribution is -2.01. The fourth-order valence-electron chi connectivity index (χ4n) is 5.23. The molecule has 0 saturated carbocycles. The molecule has 0 amide bonds. The first-order valence-electron chi connectivity index (χ1n) is 11.5. The van der Waals surface area contributed by atoms with E-state index in [1.54, 1.807) is 6.08 Å². The van der Waals surface area contributed by atoms with Crippen LogP contribution in [-0.4, -0.2) is 9.13 Å². The Morgan fingerprint density at radius 2 is 1.15 bits per heavy atom. The van der Waals surface area contributed by atoms with Crippen LogP contribution in [0.15, 0.2) is 97.1 Å². The van der Waals surface area contributed by atoms with Crippen LogP contribution in [-0.2, 0) is 0 Å². The molecule has 0 aliphatic carbocycles. The molecule has 2 aromatic heterocycles. The van der Waals surface area contributed by atoms with Gasteiger partial charge < -0.3 is 9.13 Å². The third-order valence-electron chi connectivity index (χ3n) is 6.65. The number of benzene rings is 4. The fraction of sp³-hybridized carbons (Fsp3) is 0.0625. The lowest BCUT2D eigenvalue weighted by molar-refractivity contribution is 1.07. The SMILES string of the molecule is C#C/C=C\c1c(C)c2ccccc2n1-c1cc(C)cc(-n2c3ccccc3c3ccccc32)c1. The van der Waals surface area contributed by atoms with E-state index < -0.39 is 0 Å². The zero-order valence-corrected chi connectivity index (χ0v) is 19.3. The molecule has 0 aliphatic rings. The number of nitrogens with zero attached hydrogens (tertiary/aromatic N) is 2. The molecule has 0 atom stereocenters. The van der Waals surface area contributed by atoms with E-state index in [1.807, 2.05) is 6.08 Å². The van der Waals surface area contributed by atoms with Crippen molar-refractivity contribution < 1.29 is 0 Å². The summed E-state index contributed by atoms with van der Waals surface area (Å²) in [5.74, 6) is 2.65. The van der Waals surface area contributed by atoms with E-state index in [1.165, 1.54) is 43.8 Å². The van der Waals surface area contributed by atoms with Gasteiger partial charge in [0.2, 0.25) is 0 Å². The van der Waals surface area contributed by atoms with E-state index >= 15 is 0 Å². The van der Waals surface area contributed by atoms with Gasteiger partial charge in [0.1, 0.15) is 0 Å². The Morgan fingerprint density at radius 1 is 0.647 bits per heavy atom. The summed E-state index contributed by atoms with van der Waals surface area (Å²) in [4.78, 5) is 0. The number of fused-ring (bicyclic) bond motifs is 4. The summed E-state index contributed by atoms with van der Waals surface area (Å²) in [6.07, 6.45) is 9.40. The molecular formula is C32H24N2. The van der Waals surface area contributed by atoms with Crippen LogP contribution in [0.5, 0.6) is 0 Å². The average Bonchev–Trinajstić information content (AvgIpc) is 3.34. The molecular weight excluding hydrogens is 412 g/mol. The highest BCUT2D eigenvalue weighted by Gasteiger charge is 2.16. The number of hydrogen-bond acceptors (Lipinski definition) is 0. The van der Waals surface area contributed by atoms with E-state index in [2.05, 4.69) is 120 Å². The normalized spacial score (nSPS) is 11.7. The van der Waals surface area contributed by atoms with E-state index in [4.69, 9.17) is 6.42 Å². The molecule has 6 aromatic rings. The third-order valence-corrected chi connectivity index (χ3v) is 6.65. The minimum Gasteiger partial charge on any atom is -0.309 e. The second kappa shape index (κ2) is 7.83. The standard InChI is InChI=1S/C32H24N2/c1-4-5-15-29-23(3)26-12-6-9-16-30(26)33(29)24-19-22(2)20-25(21-24)34-31-17-10-7-13-27(31)28-14-8-11-18-32(28)34/h1,5-21H,2-3H3/b15-5-. The Hall–Kier alpha value is -4.48.